The van der Waals surface area contributed by atoms with Gasteiger partial charge >= 0.3 is 0 Å². The number of carbonyl (C=O) groups is 2. The number of nitriles is 1. The number of amides is 2. The number of anilines is 1. The number of hydrogen-bond donors (Lipinski definition) is 1. The number of aromatic nitrogens is 1. The molecule has 174 valence electrons. The standard InChI is InChI=1S/C26H33N5O2/c1-4-12-31-20(2)17-22(21(31)3)18-23(19-27)26(33)28-11-10-25(32)30-15-13-29(14-16-30)24-8-6-5-7-9-24/h5-9,17-18H,4,10-16H2,1-3H3,(H,28,33)/b23-18-. The summed E-state index contributed by atoms with van der Waals surface area (Å²) in [5, 5.41) is 12.2. The van der Waals surface area contributed by atoms with Crippen LogP contribution in [0.4, 0.5) is 5.69 Å². The first kappa shape index (κ1) is 24.1. The molecular weight excluding hydrogens is 414 g/mol. The lowest BCUT2D eigenvalue weighted by atomic mass is 10.1. The number of piperazine rings is 1. The van der Waals surface area contributed by atoms with Crippen LogP contribution in [0.3, 0.4) is 0 Å². The zero-order chi connectivity index (χ0) is 23.8. The van der Waals surface area contributed by atoms with Crippen molar-refractivity contribution in [2.75, 3.05) is 37.6 Å². The van der Waals surface area contributed by atoms with Gasteiger partial charge in [-0.05, 0) is 50.1 Å². The highest BCUT2D eigenvalue weighted by atomic mass is 16.2. The number of rotatable bonds is 8. The Morgan fingerprint density at radius 3 is 2.45 bits per heavy atom. The Balaban J connectivity index is 1.49. The summed E-state index contributed by atoms with van der Waals surface area (Å²) in [4.78, 5) is 29.2. The van der Waals surface area contributed by atoms with E-state index in [4.69, 9.17) is 0 Å². The molecule has 3 rings (SSSR count). The maximum atomic E-state index is 12.6. The van der Waals surface area contributed by atoms with Crippen LogP contribution in [0.25, 0.3) is 6.08 Å². The van der Waals surface area contributed by atoms with Gasteiger partial charge in [0.15, 0.2) is 0 Å². The van der Waals surface area contributed by atoms with Crippen LogP contribution in [-0.4, -0.2) is 54.0 Å². The normalized spacial score (nSPS) is 14.2. The van der Waals surface area contributed by atoms with Crippen molar-refractivity contribution >= 4 is 23.6 Å². The predicted molar refractivity (Wildman–Crippen MR) is 131 cm³/mol. The van der Waals surface area contributed by atoms with E-state index in [1.54, 1.807) is 6.08 Å². The largest absolute Gasteiger partial charge is 0.368 e. The van der Waals surface area contributed by atoms with Crippen LogP contribution >= 0.6 is 0 Å². The third kappa shape index (κ3) is 6.04. The van der Waals surface area contributed by atoms with Gasteiger partial charge in [-0.3, -0.25) is 9.59 Å². The molecule has 1 aromatic carbocycles. The molecule has 2 amide bonds. The average molecular weight is 448 g/mol. The highest BCUT2D eigenvalue weighted by Gasteiger charge is 2.21. The number of nitrogens with one attached hydrogen (secondary N) is 1. The SMILES string of the molecule is CCCn1c(C)cc(/C=C(/C#N)C(=O)NCCC(=O)N2CCN(c3ccccc3)CC2)c1C. The van der Waals surface area contributed by atoms with E-state index in [9.17, 15) is 14.9 Å². The quantitative estimate of drug-likeness (QED) is 0.497. The second-order valence-electron chi connectivity index (χ2n) is 8.36. The van der Waals surface area contributed by atoms with Crippen LogP contribution in [0, 0.1) is 25.2 Å². The second kappa shape index (κ2) is 11.4. The molecule has 0 unspecified atom stereocenters. The van der Waals surface area contributed by atoms with E-state index in [1.807, 2.05) is 49.1 Å². The number of hydrogen-bond acceptors (Lipinski definition) is 4. The molecule has 0 bridgehead atoms. The Hall–Kier alpha value is -3.53. The molecule has 0 radical (unpaired) electrons. The summed E-state index contributed by atoms with van der Waals surface area (Å²) in [7, 11) is 0. The van der Waals surface area contributed by atoms with E-state index in [2.05, 4.69) is 33.8 Å². The summed E-state index contributed by atoms with van der Waals surface area (Å²) in [6, 6.07) is 14.2. The second-order valence-corrected chi connectivity index (χ2v) is 8.36. The minimum atomic E-state index is -0.445. The van der Waals surface area contributed by atoms with E-state index in [-0.39, 0.29) is 24.4 Å². The van der Waals surface area contributed by atoms with Crippen molar-refractivity contribution in [1.29, 1.82) is 5.26 Å². The molecule has 1 aliphatic heterocycles. The number of nitrogens with zero attached hydrogens (tertiary/aromatic N) is 4. The fraction of sp³-hybridized carbons (Fsp3) is 0.423. The lowest BCUT2D eigenvalue weighted by Crippen LogP contribution is -2.49. The monoisotopic (exact) mass is 447 g/mol. The summed E-state index contributed by atoms with van der Waals surface area (Å²) >= 11 is 0. The highest BCUT2D eigenvalue weighted by molar-refractivity contribution is 6.02. The third-order valence-electron chi connectivity index (χ3n) is 6.10. The van der Waals surface area contributed by atoms with E-state index >= 15 is 0 Å². The molecule has 33 heavy (non-hydrogen) atoms. The summed E-state index contributed by atoms with van der Waals surface area (Å²) in [6.45, 7) is 10.2. The van der Waals surface area contributed by atoms with Crippen LogP contribution in [0.15, 0.2) is 42.0 Å². The highest BCUT2D eigenvalue weighted by Crippen LogP contribution is 2.19. The van der Waals surface area contributed by atoms with E-state index in [0.717, 1.165) is 43.0 Å². The zero-order valence-electron chi connectivity index (χ0n) is 19.8. The van der Waals surface area contributed by atoms with Gasteiger partial charge in [0.2, 0.25) is 5.91 Å². The Kier molecular flexibility index (Phi) is 8.31. The summed E-state index contributed by atoms with van der Waals surface area (Å²) < 4.78 is 2.19. The first-order valence-electron chi connectivity index (χ1n) is 11.6. The Morgan fingerprint density at radius 2 is 1.82 bits per heavy atom. The van der Waals surface area contributed by atoms with Crippen LogP contribution in [0.1, 0.15) is 36.7 Å². The van der Waals surface area contributed by atoms with Gasteiger partial charge in [0.05, 0.1) is 0 Å². The van der Waals surface area contributed by atoms with Crippen LogP contribution in [-0.2, 0) is 16.1 Å². The van der Waals surface area contributed by atoms with Crippen molar-refractivity contribution in [3.05, 3.63) is 58.9 Å². The van der Waals surface area contributed by atoms with Gasteiger partial charge in [-0.15, -0.1) is 0 Å². The van der Waals surface area contributed by atoms with Gasteiger partial charge in [0, 0.05) is 62.8 Å². The number of carbonyl (C=O) groups excluding carboxylic acids is 2. The minimum absolute atomic E-state index is 0.0219. The van der Waals surface area contributed by atoms with Crippen molar-refractivity contribution in [2.24, 2.45) is 0 Å². The zero-order valence-corrected chi connectivity index (χ0v) is 19.8. The lowest BCUT2D eigenvalue weighted by molar-refractivity contribution is -0.131. The third-order valence-corrected chi connectivity index (χ3v) is 6.10. The fourth-order valence-electron chi connectivity index (χ4n) is 4.23. The molecule has 0 spiro atoms. The van der Waals surface area contributed by atoms with Crippen molar-refractivity contribution < 1.29 is 9.59 Å². The molecule has 0 atom stereocenters. The Labute approximate surface area is 196 Å². The van der Waals surface area contributed by atoms with Crippen molar-refractivity contribution in [3.63, 3.8) is 0 Å². The first-order chi connectivity index (χ1) is 15.9. The molecule has 1 N–H and O–H groups in total. The molecular formula is C26H33N5O2. The van der Waals surface area contributed by atoms with E-state index in [0.29, 0.717) is 13.1 Å². The Morgan fingerprint density at radius 1 is 1.12 bits per heavy atom. The van der Waals surface area contributed by atoms with Gasteiger partial charge in [0.1, 0.15) is 11.6 Å². The molecule has 7 heteroatoms. The average Bonchev–Trinajstić information content (AvgIpc) is 3.10. The molecule has 1 aromatic heterocycles. The summed E-state index contributed by atoms with van der Waals surface area (Å²) in [5.41, 5.74) is 4.25. The topological polar surface area (TPSA) is 81.4 Å². The lowest BCUT2D eigenvalue weighted by Gasteiger charge is -2.36. The van der Waals surface area contributed by atoms with Crippen LogP contribution < -0.4 is 10.2 Å². The molecule has 1 saturated heterocycles. The van der Waals surface area contributed by atoms with Gasteiger partial charge in [0.25, 0.3) is 5.91 Å². The van der Waals surface area contributed by atoms with Gasteiger partial charge in [-0.25, -0.2) is 0 Å². The molecule has 0 saturated carbocycles. The maximum absolute atomic E-state index is 12.6. The minimum Gasteiger partial charge on any atom is -0.368 e. The van der Waals surface area contributed by atoms with Crippen LogP contribution in [0.5, 0.6) is 0 Å². The summed E-state index contributed by atoms with van der Waals surface area (Å²) in [6.07, 6.45) is 2.87. The molecule has 0 aliphatic carbocycles. The molecule has 1 aliphatic rings. The predicted octanol–water partition coefficient (Wildman–Crippen LogP) is 3.28. The molecule has 1 fully saturated rings. The number of aryl methyl sites for hydroxylation is 1. The van der Waals surface area contributed by atoms with Gasteiger partial charge in [-0.2, -0.15) is 5.26 Å². The van der Waals surface area contributed by atoms with Crippen molar-refractivity contribution in [1.82, 2.24) is 14.8 Å². The first-order valence-corrected chi connectivity index (χ1v) is 11.6. The maximum Gasteiger partial charge on any atom is 0.261 e. The molecule has 7 nitrogen and oxygen atoms in total. The van der Waals surface area contributed by atoms with Crippen molar-refractivity contribution in [3.8, 4) is 6.07 Å². The number of para-hydroxylation sites is 1. The summed E-state index contributed by atoms with van der Waals surface area (Å²) in [5.74, 6) is -0.423. The van der Waals surface area contributed by atoms with Gasteiger partial charge in [-0.1, -0.05) is 25.1 Å². The van der Waals surface area contributed by atoms with Crippen molar-refractivity contribution in [2.45, 2.75) is 40.2 Å². The van der Waals surface area contributed by atoms with E-state index in [1.165, 1.54) is 5.69 Å². The Bertz CT molecular complexity index is 1040. The number of benzene rings is 1. The smallest absolute Gasteiger partial charge is 0.261 e. The molecule has 2 aromatic rings. The molecule has 2 heterocycles. The van der Waals surface area contributed by atoms with Gasteiger partial charge < -0.3 is 19.7 Å². The van der Waals surface area contributed by atoms with E-state index < -0.39 is 5.91 Å². The van der Waals surface area contributed by atoms with Crippen LogP contribution in [0.2, 0.25) is 0 Å². The fourth-order valence-corrected chi connectivity index (χ4v) is 4.23.